The van der Waals surface area contributed by atoms with Crippen LogP contribution in [-0.2, 0) is 9.53 Å². The molecule has 6 aliphatic rings. The van der Waals surface area contributed by atoms with Gasteiger partial charge in [-0.3, -0.25) is 4.79 Å². The molecule has 1 heterocycles. The van der Waals surface area contributed by atoms with Crippen molar-refractivity contribution in [1.82, 2.24) is 0 Å². The number of hydrogen-bond acceptors (Lipinski definition) is 2. The summed E-state index contributed by atoms with van der Waals surface area (Å²) in [6.45, 7) is 18.6. The molecule has 0 spiro atoms. The lowest BCUT2D eigenvalue weighted by molar-refractivity contribution is -0.239. The highest BCUT2D eigenvalue weighted by molar-refractivity contribution is 5.85. The molecular formula is C30H48O2. The van der Waals surface area contributed by atoms with E-state index < -0.39 is 0 Å². The van der Waals surface area contributed by atoms with E-state index in [0.29, 0.717) is 44.9 Å². The van der Waals surface area contributed by atoms with Gasteiger partial charge in [0, 0.05) is 11.8 Å². The maximum absolute atomic E-state index is 12.9. The van der Waals surface area contributed by atoms with Crippen LogP contribution in [0.15, 0.2) is 0 Å². The minimum atomic E-state index is -0.136. The van der Waals surface area contributed by atoms with Crippen molar-refractivity contribution in [3.05, 3.63) is 0 Å². The first-order valence-corrected chi connectivity index (χ1v) is 14.0. The van der Waals surface area contributed by atoms with Crippen LogP contribution >= 0.6 is 0 Å². The number of hydrogen-bond donors (Lipinski definition) is 0. The Morgan fingerprint density at radius 2 is 1.47 bits per heavy atom. The van der Waals surface area contributed by atoms with Gasteiger partial charge in [0.15, 0.2) is 0 Å². The molecule has 2 bridgehead atoms. The van der Waals surface area contributed by atoms with Crippen LogP contribution in [0.25, 0.3) is 0 Å². The van der Waals surface area contributed by atoms with Crippen molar-refractivity contribution in [2.45, 2.75) is 119 Å². The summed E-state index contributed by atoms with van der Waals surface area (Å²) >= 11 is 0. The Labute approximate surface area is 197 Å². The SMILES string of the molecule is CC1(C)CC[C@@]23CC[C@]4(C)[C@H](CC[C@@H]5[C@@]6(C)CCC(=O)C(C)(C)[C@H]6CC[C@]54C)[C@H]2[C@H]1OC3. The summed E-state index contributed by atoms with van der Waals surface area (Å²) in [5, 5.41) is 0. The fourth-order valence-electron chi connectivity index (χ4n) is 11.8. The molecule has 9 atom stereocenters. The second-order valence-corrected chi connectivity index (χ2v) is 15.4. The van der Waals surface area contributed by atoms with Gasteiger partial charge >= 0.3 is 0 Å². The highest BCUT2D eigenvalue weighted by atomic mass is 16.5. The number of fused-ring (bicyclic) bond motifs is 5. The molecule has 1 saturated heterocycles. The van der Waals surface area contributed by atoms with Crippen LogP contribution in [0, 0.1) is 56.2 Å². The average Bonchev–Trinajstić information content (AvgIpc) is 3.05. The zero-order valence-electron chi connectivity index (χ0n) is 22.0. The van der Waals surface area contributed by atoms with E-state index in [4.69, 9.17) is 4.74 Å². The third kappa shape index (κ3) is 2.35. The Morgan fingerprint density at radius 1 is 0.750 bits per heavy atom. The summed E-state index contributed by atoms with van der Waals surface area (Å²) in [5.74, 6) is 3.46. The van der Waals surface area contributed by atoms with E-state index in [0.717, 1.165) is 37.2 Å². The lowest BCUT2D eigenvalue weighted by atomic mass is 9.31. The van der Waals surface area contributed by atoms with Crippen molar-refractivity contribution in [1.29, 1.82) is 0 Å². The van der Waals surface area contributed by atoms with Crippen LogP contribution in [0.1, 0.15) is 113 Å². The number of ether oxygens (including phenoxy) is 1. The third-order valence-electron chi connectivity index (χ3n) is 13.9. The quantitative estimate of drug-likeness (QED) is 0.391. The van der Waals surface area contributed by atoms with Crippen molar-refractivity contribution in [2.24, 2.45) is 56.2 Å². The fourth-order valence-corrected chi connectivity index (χ4v) is 11.8. The van der Waals surface area contributed by atoms with Gasteiger partial charge < -0.3 is 4.74 Å². The van der Waals surface area contributed by atoms with E-state index in [1.165, 1.54) is 51.4 Å². The molecule has 2 heteroatoms. The summed E-state index contributed by atoms with van der Waals surface area (Å²) in [6, 6.07) is 0. The number of Topliss-reactive ketones (excluding diaryl/α,β-unsaturated/α-hetero) is 1. The Bertz CT molecular complexity index is 842. The second-order valence-electron chi connectivity index (χ2n) is 15.4. The first-order valence-electron chi connectivity index (χ1n) is 14.0. The number of rotatable bonds is 0. The molecular weight excluding hydrogens is 392 g/mol. The summed E-state index contributed by atoms with van der Waals surface area (Å²) in [7, 11) is 0. The molecule has 0 N–H and O–H groups in total. The minimum Gasteiger partial charge on any atom is -0.377 e. The van der Waals surface area contributed by atoms with Crippen LogP contribution in [-0.4, -0.2) is 18.5 Å². The Balaban J connectivity index is 1.40. The zero-order valence-corrected chi connectivity index (χ0v) is 22.0. The first-order chi connectivity index (χ1) is 14.8. The molecule has 0 aromatic heterocycles. The maximum Gasteiger partial charge on any atom is 0.138 e. The van der Waals surface area contributed by atoms with Gasteiger partial charge in [0.05, 0.1) is 12.7 Å². The highest BCUT2D eigenvalue weighted by Gasteiger charge is 2.72. The Kier molecular flexibility index (Phi) is 4.31. The predicted molar refractivity (Wildman–Crippen MR) is 129 cm³/mol. The number of carbonyl (C=O) groups is 1. The first kappa shape index (κ1) is 22.1. The molecule has 0 radical (unpaired) electrons. The molecule has 1 aliphatic heterocycles. The minimum absolute atomic E-state index is 0.136. The zero-order chi connectivity index (χ0) is 22.9. The van der Waals surface area contributed by atoms with Crippen LogP contribution in [0.2, 0.25) is 0 Å². The van der Waals surface area contributed by atoms with Gasteiger partial charge in [-0.2, -0.15) is 0 Å². The maximum atomic E-state index is 12.9. The van der Waals surface area contributed by atoms with Gasteiger partial charge in [-0.05, 0) is 109 Å². The lowest BCUT2D eigenvalue weighted by Crippen LogP contribution is -2.67. The monoisotopic (exact) mass is 440 g/mol. The molecule has 0 unspecified atom stereocenters. The number of carbonyl (C=O) groups excluding carboxylic acids is 1. The van der Waals surface area contributed by atoms with E-state index in [-0.39, 0.29) is 5.41 Å². The standard InChI is InChI=1S/C30H48O2/c1-25(2)14-16-30-17-15-28(6)19(23(30)24(25)32-18-30)8-9-21-27(5)12-11-22(31)26(3,4)20(27)10-13-29(21,28)7/h19-21,23-24H,8-18H2,1-7H3/t19-,20-,21-,23+,24-,27+,28-,29-,30+/m1/s1. The van der Waals surface area contributed by atoms with Crippen LogP contribution in [0.4, 0.5) is 0 Å². The molecule has 32 heavy (non-hydrogen) atoms. The molecule has 180 valence electrons. The summed E-state index contributed by atoms with van der Waals surface area (Å²) in [6.07, 6.45) is 13.3. The fraction of sp³-hybridized carbons (Fsp3) is 0.967. The molecule has 5 aliphatic carbocycles. The topological polar surface area (TPSA) is 26.3 Å². The summed E-state index contributed by atoms with van der Waals surface area (Å²) in [4.78, 5) is 12.9. The lowest BCUT2D eigenvalue weighted by Gasteiger charge is -2.72. The highest BCUT2D eigenvalue weighted by Crippen LogP contribution is 2.77. The van der Waals surface area contributed by atoms with E-state index >= 15 is 0 Å². The smallest absolute Gasteiger partial charge is 0.138 e. The third-order valence-corrected chi connectivity index (χ3v) is 13.9. The number of ketones is 1. The normalized spacial score (nSPS) is 57.7. The Morgan fingerprint density at radius 3 is 2.22 bits per heavy atom. The molecule has 6 fully saturated rings. The van der Waals surface area contributed by atoms with E-state index in [2.05, 4.69) is 48.5 Å². The van der Waals surface area contributed by atoms with E-state index in [1.807, 2.05) is 0 Å². The Hall–Kier alpha value is -0.370. The molecule has 0 amide bonds. The molecule has 6 rings (SSSR count). The molecule has 0 aromatic carbocycles. The van der Waals surface area contributed by atoms with Gasteiger partial charge in [0.2, 0.25) is 0 Å². The van der Waals surface area contributed by atoms with Gasteiger partial charge in [0.1, 0.15) is 5.78 Å². The summed E-state index contributed by atoms with van der Waals surface area (Å²) in [5.41, 5.74) is 1.83. The van der Waals surface area contributed by atoms with Crippen LogP contribution in [0.5, 0.6) is 0 Å². The molecule has 5 saturated carbocycles. The predicted octanol–water partition coefficient (Wildman–Crippen LogP) is 7.45. The van der Waals surface area contributed by atoms with Gasteiger partial charge in [0.25, 0.3) is 0 Å². The van der Waals surface area contributed by atoms with Crippen molar-refractivity contribution >= 4 is 5.78 Å². The van der Waals surface area contributed by atoms with Gasteiger partial charge in [-0.15, -0.1) is 0 Å². The summed E-state index contributed by atoms with van der Waals surface area (Å²) < 4.78 is 6.70. The van der Waals surface area contributed by atoms with Crippen molar-refractivity contribution in [3.63, 3.8) is 0 Å². The van der Waals surface area contributed by atoms with Crippen LogP contribution in [0.3, 0.4) is 0 Å². The van der Waals surface area contributed by atoms with Crippen LogP contribution < -0.4 is 0 Å². The van der Waals surface area contributed by atoms with Gasteiger partial charge in [-0.1, -0.05) is 48.5 Å². The second kappa shape index (κ2) is 6.24. The van der Waals surface area contributed by atoms with E-state index in [9.17, 15) is 4.79 Å². The average molecular weight is 441 g/mol. The molecule has 0 aromatic rings. The largest absolute Gasteiger partial charge is 0.377 e. The van der Waals surface area contributed by atoms with Crippen molar-refractivity contribution in [2.75, 3.05) is 6.61 Å². The van der Waals surface area contributed by atoms with E-state index in [1.54, 1.807) is 0 Å². The molecule has 2 nitrogen and oxygen atoms in total. The van der Waals surface area contributed by atoms with Crippen molar-refractivity contribution in [3.8, 4) is 0 Å². The van der Waals surface area contributed by atoms with Crippen molar-refractivity contribution < 1.29 is 9.53 Å². The van der Waals surface area contributed by atoms with Gasteiger partial charge in [-0.25, -0.2) is 0 Å².